The minimum Gasteiger partial charge on any atom is -0.332 e. The first kappa shape index (κ1) is 21.5. The van der Waals surface area contributed by atoms with Crippen molar-refractivity contribution in [3.63, 3.8) is 0 Å². The zero-order valence-electron chi connectivity index (χ0n) is 15.1. The first-order valence-corrected chi connectivity index (χ1v) is 10.1. The van der Waals surface area contributed by atoms with E-state index < -0.39 is 10.7 Å². The number of aryl methyl sites for hydroxylation is 1. The van der Waals surface area contributed by atoms with Crippen LogP contribution < -0.4 is 0 Å². The van der Waals surface area contributed by atoms with Gasteiger partial charge in [0.2, 0.25) is 5.91 Å². The summed E-state index contributed by atoms with van der Waals surface area (Å²) in [5.41, 5.74) is 1.02. The van der Waals surface area contributed by atoms with E-state index in [1.54, 1.807) is 22.3 Å². The molecule has 27 heavy (non-hydrogen) atoms. The summed E-state index contributed by atoms with van der Waals surface area (Å²) in [6, 6.07) is 13.8. The summed E-state index contributed by atoms with van der Waals surface area (Å²) in [6.07, 6.45) is 1.55. The number of carbonyl (C=O) groups excluding carboxylic acids is 2. The molecule has 4 nitrogen and oxygen atoms in total. The van der Waals surface area contributed by atoms with E-state index in [0.717, 1.165) is 10.4 Å². The predicted octanol–water partition coefficient (Wildman–Crippen LogP) is 4.40. The van der Waals surface area contributed by atoms with Crippen LogP contribution in [0.5, 0.6) is 0 Å². The van der Waals surface area contributed by atoms with Gasteiger partial charge >= 0.3 is 0 Å². The summed E-state index contributed by atoms with van der Waals surface area (Å²) in [5.74, 6) is -0.674. The average Bonchev–Trinajstić information content (AvgIpc) is 3.05. The number of alkyl halides is 2. The molecule has 2 rings (SSSR count). The maximum atomic E-state index is 13.0. The lowest BCUT2D eigenvalue weighted by molar-refractivity contribution is -0.140. The minimum absolute atomic E-state index is 0.0992. The highest BCUT2D eigenvalue weighted by Gasteiger charge is 2.24. The van der Waals surface area contributed by atoms with Crippen LogP contribution in [0.4, 0.5) is 0 Å². The van der Waals surface area contributed by atoms with E-state index in [0.29, 0.717) is 13.1 Å². The van der Waals surface area contributed by atoms with E-state index in [1.165, 1.54) is 9.78 Å². The number of benzene rings is 1. The second-order valence-corrected chi connectivity index (χ2v) is 8.52. The van der Waals surface area contributed by atoms with Crippen molar-refractivity contribution in [2.75, 3.05) is 13.1 Å². The van der Waals surface area contributed by atoms with Gasteiger partial charge in [-0.05, 0) is 24.6 Å². The Kier molecular flexibility index (Phi) is 8.35. The zero-order chi connectivity index (χ0) is 19.8. The number of carbonyl (C=O) groups is 2. The molecule has 0 bridgehead atoms. The van der Waals surface area contributed by atoms with Crippen LogP contribution in [0.3, 0.4) is 0 Å². The van der Waals surface area contributed by atoms with Crippen molar-refractivity contribution in [2.45, 2.75) is 24.8 Å². The number of hydrogen-bond donors (Lipinski definition) is 0. The fourth-order valence-corrected chi connectivity index (χ4v) is 3.77. The molecule has 0 aliphatic rings. The second kappa shape index (κ2) is 10.5. The minimum atomic E-state index is -1.21. The van der Waals surface area contributed by atoms with E-state index in [-0.39, 0.29) is 19.0 Å². The van der Waals surface area contributed by atoms with Crippen LogP contribution in [0, 0.1) is 6.92 Å². The Morgan fingerprint density at radius 1 is 1.11 bits per heavy atom. The molecular weight excluding hydrogens is 403 g/mol. The van der Waals surface area contributed by atoms with E-state index in [1.807, 2.05) is 49.4 Å². The topological polar surface area (TPSA) is 40.6 Å². The van der Waals surface area contributed by atoms with Crippen molar-refractivity contribution in [1.29, 1.82) is 0 Å². The van der Waals surface area contributed by atoms with Crippen LogP contribution in [-0.2, 0) is 22.7 Å². The number of halogens is 2. The Morgan fingerprint density at radius 3 is 2.37 bits per heavy atom. The maximum absolute atomic E-state index is 13.0. The monoisotopic (exact) mass is 424 g/mol. The fraction of sp³-hybridized carbons (Fsp3) is 0.300. The molecule has 0 radical (unpaired) electrons. The molecular formula is C20H22Cl2N2O2S. The van der Waals surface area contributed by atoms with Gasteiger partial charge < -0.3 is 9.80 Å². The Labute approximate surface area is 174 Å². The summed E-state index contributed by atoms with van der Waals surface area (Å²) in [7, 11) is 0. The highest BCUT2D eigenvalue weighted by Crippen LogP contribution is 2.19. The molecule has 2 amide bonds. The molecule has 0 spiro atoms. The van der Waals surface area contributed by atoms with Gasteiger partial charge in [0.1, 0.15) is 6.54 Å². The van der Waals surface area contributed by atoms with Gasteiger partial charge in [0.05, 0.1) is 6.54 Å². The van der Waals surface area contributed by atoms with Crippen LogP contribution in [0.15, 0.2) is 55.1 Å². The number of nitrogens with zero attached hydrogens (tertiary/aromatic N) is 2. The van der Waals surface area contributed by atoms with Gasteiger partial charge in [-0.25, -0.2) is 0 Å². The first-order valence-electron chi connectivity index (χ1n) is 8.45. The maximum Gasteiger partial charge on any atom is 0.256 e. The lowest BCUT2D eigenvalue weighted by Crippen LogP contribution is -2.44. The van der Waals surface area contributed by atoms with Crippen LogP contribution in [0.2, 0.25) is 0 Å². The highest BCUT2D eigenvalue weighted by atomic mass is 35.5. The molecule has 144 valence electrons. The number of thiophene rings is 1. The number of hydrogen-bond acceptors (Lipinski definition) is 3. The van der Waals surface area contributed by atoms with Crippen LogP contribution in [0.25, 0.3) is 0 Å². The Hall–Kier alpha value is -1.82. The van der Waals surface area contributed by atoms with Gasteiger partial charge in [0.25, 0.3) is 5.91 Å². The molecule has 2 aromatic rings. The summed E-state index contributed by atoms with van der Waals surface area (Å²) in [5, 5.41) is 0. The third-order valence-corrected chi connectivity index (χ3v) is 5.24. The molecule has 1 heterocycles. The van der Waals surface area contributed by atoms with Crippen molar-refractivity contribution < 1.29 is 9.59 Å². The van der Waals surface area contributed by atoms with E-state index in [4.69, 9.17) is 23.2 Å². The Balaban J connectivity index is 2.18. The molecule has 7 heteroatoms. The van der Waals surface area contributed by atoms with Crippen LogP contribution >= 0.6 is 34.5 Å². The fourth-order valence-electron chi connectivity index (χ4n) is 2.58. The zero-order valence-corrected chi connectivity index (χ0v) is 17.4. The normalized spacial score (nSPS) is 10.7. The van der Waals surface area contributed by atoms with Crippen molar-refractivity contribution in [3.8, 4) is 0 Å². The molecule has 0 aliphatic carbocycles. The Bertz CT molecular complexity index is 777. The van der Waals surface area contributed by atoms with Crippen LogP contribution in [0.1, 0.15) is 15.3 Å². The molecule has 0 aliphatic heterocycles. The SMILES string of the molecule is C=CCN(CC(=O)N(Cc1ccccc1)Cc1ccc(C)s1)C(=O)C(Cl)Cl. The largest absolute Gasteiger partial charge is 0.332 e. The predicted molar refractivity (Wildman–Crippen MR) is 112 cm³/mol. The van der Waals surface area contributed by atoms with E-state index >= 15 is 0 Å². The van der Waals surface area contributed by atoms with E-state index in [9.17, 15) is 9.59 Å². The van der Waals surface area contributed by atoms with Gasteiger partial charge in [0, 0.05) is 22.8 Å². The molecule has 0 atom stereocenters. The average molecular weight is 425 g/mol. The molecule has 1 aromatic heterocycles. The Morgan fingerprint density at radius 2 is 1.81 bits per heavy atom. The second-order valence-electron chi connectivity index (χ2n) is 6.06. The van der Waals surface area contributed by atoms with Crippen molar-refractivity contribution in [3.05, 3.63) is 70.4 Å². The first-order chi connectivity index (χ1) is 12.9. The third kappa shape index (κ3) is 6.69. The molecule has 0 N–H and O–H groups in total. The molecule has 0 saturated heterocycles. The lowest BCUT2D eigenvalue weighted by atomic mass is 10.2. The van der Waals surface area contributed by atoms with Crippen molar-refractivity contribution in [1.82, 2.24) is 9.80 Å². The van der Waals surface area contributed by atoms with Crippen molar-refractivity contribution >= 4 is 46.4 Å². The molecule has 1 aromatic carbocycles. The quantitative estimate of drug-likeness (QED) is 0.441. The van der Waals surface area contributed by atoms with Crippen LogP contribution in [-0.4, -0.2) is 39.5 Å². The summed E-state index contributed by atoms with van der Waals surface area (Å²) in [4.78, 5) is 29.3. The summed E-state index contributed by atoms with van der Waals surface area (Å²) >= 11 is 13.1. The molecule has 0 unspecified atom stereocenters. The van der Waals surface area contributed by atoms with Gasteiger partial charge in [-0.3, -0.25) is 9.59 Å². The smallest absolute Gasteiger partial charge is 0.256 e. The number of amides is 2. The lowest BCUT2D eigenvalue weighted by Gasteiger charge is -2.27. The summed E-state index contributed by atoms with van der Waals surface area (Å²) < 4.78 is 0. The van der Waals surface area contributed by atoms with Gasteiger partial charge in [0.15, 0.2) is 4.84 Å². The molecule has 0 saturated carbocycles. The van der Waals surface area contributed by atoms with Gasteiger partial charge in [-0.1, -0.05) is 59.6 Å². The third-order valence-electron chi connectivity index (χ3n) is 3.89. The van der Waals surface area contributed by atoms with Crippen molar-refractivity contribution in [2.24, 2.45) is 0 Å². The number of rotatable bonds is 9. The highest BCUT2D eigenvalue weighted by molar-refractivity contribution is 7.11. The van der Waals surface area contributed by atoms with Gasteiger partial charge in [-0.15, -0.1) is 17.9 Å². The molecule has 0 fully saturated rings. The van der Waals surface area contributed by atoms with Gasteiger partial charge in [-0.2, -0.15) is 0 Å². The van der Waals surface area contributed by atoms with E-state index in [2.05, 4.69) is 6.58 Å². The summed E-state index contributed by atoms with van der Waals surface area (Å²) in [6.45, 7) is 6.70. The standard InChI is InChI=1S/C20H22Cl2N2O2S/c1-3-11-23(20(26)19(21)22)14-18(25)24(12-16-7-5-4-6-8-16)13-17-10-9-15(2)27-17/h3-10,19H,1,11-14H2,2H3.